The molecule has 1 heterocycles. The minimum absolute atomic E-state index is 0.0136. The molecule has 0 radical (unpaired) electrons. The lowest BCUT2D eigenvalue weighted by Crippen LogP contribution is -2.45. The predicted octanol–water partition coefficient (Wildman–Crippen LogP) is 3.00. The maximum absolute atomic E-state index is 12.9. The number of benzene rings is 2. The Morgan fingerprint density at radius 3 is 2.33 bits per heavy atom. The molecule has 0 spiro atoms. The number of rotatable bonds is 7. The highest BCUT2D eigenvalue weighted by Crippen LogP contribution is 2.20. The molecule has 6 heteroatoms. The lowest BCUT2D eigenvalue weighted by atomic mass is 10.1. The number of anilines is 1. The van der Waals surface area contributed by atoms with Crippen LogP contribution in [0.5, 0.6) is 0 Å². The van der Waals surface area contributed by atoms with E-state index < -0.39 is 0 Å². The highest BCUT2D eigenvalue weighted by molar-refractivity contribution is 6.00. The number of amides is 3. The Kier molecular flexibility index (Phi) is 6.87. The average Bonchev–Trinajstić information content (AvgIpc) is 3.13. The van der Waals surface area contributed by atoms with Crippen LogP contribution in [0.2, 0.25) is 0 Å². The summed E-state index contributed by atoms with van der Waals surface area (Å²) in [4.78, 5) is 42.8. The SMILES string of the molecule is Cc1ccc(N2CN(C(=O)CN(C(=O)CCc3ccccc3)C(C)C)CC2=O)cc1. The van der Waals surface area contributed by atoms with Crippen molar-refractivity contribution in [3.63, 3.8) is 0 Å². The number of carbonyl (C=O) groups is 3. The lowest BCUT2D eigenvalue weighted by molar-refractivity contribution is -0.141. The molecule has 0 saturated carbocycles. The van der Waals surface area contributed by atoms with Gasteiger partial charge in [-0.15, -0.1) is 0 Å². The molecule has 1 fully saturated rings. The first-order chi connectivity index (χ1) is 14.3. The molecule has 30 heavy (non-hydrogen) atoms. The minimum atomic E-state index is -0.209. The molecule has 0 aliphatic carbocycles. The number of hydrogen-bond donors (Lipinski definition) is 0. The van der Waals surface area contributed by atoms with Gasteiger partial charge in [0.2, 0.25) is 17.7 Å². The molecule has 0 N–H and O–H groups in total. The molecular weight excluding hydrogens is 378 g/mol. The van der Waals surface area contributed by atoms with Gasteiger partial charge in [-0.25, -0.2) is 0 Å². The van der Waals surface area contributed by atoms with Gasteiger partial charge in [0.1, 0.15) is 19.8 Å². The summed E-state index contributed by atoms with van der Waals surface area (Å²) in [6.45, 7) is 6.03. The molecule has 0 aromatic heterocycles. The summed E-state index contributed by atoms with van der Waals surface area (Å²) in [5, 5.41) is 0. The van der Waals surface area contributed by atoms with Crippen LogP contribution in [0.25, 0.3) is 0 Å². The zero-order valence-corrected chi connectivity index (χ0v) is 17.9. The Hall–Kier alpha value is -3.15. The highest BCUT2D eigenvalue weighted by atomic mass is 16.2. The van der Waals surface area contributed by atoms with Crippen molar-refractivity contribution in [2.24, 2.45) is 0 Å². The minimum Gasteiger partial charge on any atom is -0.331 e. The van der Waals surface area contributed by atoms with Crippen LogP contribution in [0.4, 0.5) is 5.69 Å². The number of carbonyl (C=O) groups excluding carboxylic acids is 3. The third-order valence-corrected chi connectivity index (χ3v) is 5.36. The van der Waals surface area contributed by atoms with Crippen LogP contribution in [-0.2, 0) is 20.8 Å². The van der Waals surface area contributed by atoms with Gasteiger partial charge in [-0.2, -0.15) is 0 Å². The van der Waals surface area contributed by atoms with Crippen molar-refractivity contribution in [2.45, 2.75) is 39.7 Å². The maximum Gasteiger partial charge on any atom is 0.248 e. The maximum atomic E-state index is 12.9. The summed E-state index contributed by atoms with van der Waals surface area (Å²) in [6.07, 6.45) is 0.990. The van der Waals surface area contributed by atoms with Crippen molar-refractivity contribution in [1.29, 1.82) is 0 Å². The highest BCUT2D eigenvalue weighted by Gasteiger charge is 2.33. The number of nitrogens with zero attached hydrogens (tertiary/aromatic N) is 3. The molecule has 0 bridgehead atoms. The number of aryl methyl sites for hydroxylation is 2. The predicted molar refractivity (Wildman–Crippen MR) is 117 cm³/mol. The zero-order chi connectivity index (χ0) is 21.7. The van der Waals surface area contributed by atoms with E-state index in [2.05, 4.69) is 0 Å². The standard InChI is InChI=1S/C24H29N3O3/c1-18(2)26(22(28)14-11-20-7-5-4-6-8-20)16-23(29)25-15-24(30)27(17-25)21-12-9-19(3)10-13-21/h4-10,12-13,18H,11,14-17H2,1-3H3. The van der Waals surface area contributed by atoms with Crippen LogP contribution in [0, 0.1) is 6.92 Å². The summed E-state index contributed by atoms with van der Waals surface area (Å²) in [7, 11) is 0. The first-order valence-corrected chi connectivity index (χ1v) is 10.3. The van der Waals surface area contributed by atoms with Crippen LogP contribution < -0.4 is 4.90 Å². The second-order valence-corrected chi connectivity index (χ2v) is 7.99. The topological polar surface area (TPSA) is 60.9 Å². The van der Waals surface area contributed by atoms with E-state index in [1.807, 2.05) is 75.4 Å². The summed E-state index contributed by atoms with van der Waals surface area (Å²) < 4.78 is 0. The lowest BCUT2D eigenvalue weighted by Gasteiger charge is -2.28. The van der Waals surface area contributed by atoms with E-state index in [9.17, 15) is 14.4 Å². The van der Waals surface area contributed by atoms with E-state index in [-0.39, 0.29) is 43.5 Å². The quantitative estimate of drug-likeness (QED) is 0.709. The molecular formula is C24H29N3O3. The summed E-state index contributed by atoms with van der Waals surface area (Å²) in [6, 6.07) is 17.4. The van der Waals surface area contributed by atoms with Crippen molar-refractivity contribution in [2.75, 3.05) is 24.7 Å². The molecule has 2 aromatic rings. The van der Waals surface area contributed by atoms with Gasteiger partial charge in [0, 0.05) is 18.2 Å². The first-order valence-electron chi connectivity index (χ1n) is 10.3. The second kappa shape index (κ2) is 9.57. The van der Waals surface area contributed by atoms with Crippen LogP contribution in [0.3, 0.4) is 0 Å². The molecule has 0 atom stereocenters. The molecule has 1 aliphatic heterocycles. The number of hydrogen-bond acceptors (Lipinski definition) is 3. The third-order valence-electron chi connectivity index (χ3n) is 5.36. The van der Waals surface area contributed by atoms with Crippen molar-refractivity contribution < 1.29 is 14.4 Å². The van der Waals surface area contributed by atoms with Crippen molar-refractivity contribution in [3.05, 3.63) is 65.7 Å². The van der Waals surface area contributed by atoms with Gasteiger partial charge < -0.3 is 9.80 Å². The van der Waals surface area contributed by atoms with Crippen LogP contribution in [-0.4, -0.2) is 53.3 Å². The fraction of sp³-hybridized carbons (Fsp3) is 0.375. The van der Waals surface area contributed by atoms with E-state index in [0.29, 0.717) is 12.8 Å². The molecule has 1 saturated heterocycles. The van der Waals surface area contributed by atoms with Crippen LogP contribution in [0.15, 0.2) is 54.6 Å². The largest absolute Gasteiger partial charge is 0.331 e. The smallest absolute Gasteiger partial charge is 0.248 e. The Balaban J connectivity index is 1.60. The zero-order valence-electron chi connectivity index (χ0n) is 17.9. The summed E-state index contributed by atoms with van der Waals surface area (Å²) >= 11 is 0. The van der Waals surface area contributed by atoms with E-state index in [4.69, 9.17) is 0 Å². The molecule has 3 rings (SSSR count). The fourth-order valence-corrected chi connectivity index (χ4v) is 3.51. The molecule has 6 nitrogen and oxygen atoms in total. The molecule has 3 amide bonds. The van der Waals surface area contributed by atoms with Crippen molar-refractivity contribution in [1.82, 2.24) is 9.80 Å². The van der Waals surface area contributed by atoms with Crippen LogP contribution >= 0.6 is 0 Å². The van der Waals surface area contributed by atoms with Gasteiger partial charge in [-0.3, -0.25) is 19.3 Å². The van der Waals surface area contributed by atoms with Gasteiger partial charge in [-0.05, 0) is 44.9 Å². The fourth-order valence-electron chi connectivity index (χ4n) is 3.51. The molecule has 1 aliphatic rings. The van der Waals surface area contributed by atoms with Gasteiger partial charge in [0.05, 0.1) is 0 Å². The Labute approximate surface area is 178 Å². The Morgan fingerprint density at radius 2 is 1.70 bits per heavy atom. The Bertz CT molecular complexity index is 894. The average molecular weight is 408 g/mol. The van der Waals surface area contributed by atoms with Gasteiger partial charge >= 0.3 is 0 Å². The van der Waals surface area contributed by atoms with E-state index in [0.717, 1.165) is 16.8 Å². The second-order valence-electron chi connectivity index (χ2n) is 7.99. The van der Waals surface area contributed by atoms with Gasteiger partial charge in [0.15, 0.2) is 0 Å². The van der Waals surface area contributed by atoms with Crippen molar-refractivity contribution in [3.8, 4) is 0 Å². The van der Waals surface area contributed by atoms with E-state index >= 15 is 0 Å². The summed E-state index contributed by atoms with van der Waals surface area (Å²) in [5.74, 6) is -0.374. The molecule has 2 aromatic carbocycles. The van der Waals surface area contributed by atoms with E-state index in [1.54, 1.807) is 9.80 Å². The van der Waals surface area contributed by atoms with Crippen LogP contribution in [0.1, 0.15) is 31.4 Å². The Morgan fingerprint density at radius 1 is 1.03 bits per heavy atom. The van der Waals surface area contributed by atoms with Gasteiger partial charge in [0.25, 0.3) is 0 Å². The molecule has 0 unspecified atom stereocenters. The molecule has 158 valence electrons. The van der Waals surface area contributed by atoms with Crippen molar-refractivity contribution >= 4 is 23.4 Å². The van der Waals surface area contributed by atoms with Gasteiger partial charge in [-0.1, -0.05) is 48.0 Å². The summed E-state index contributed by atoms with van der Waals surface area (Å²) in [5.41, 5.74) is 2.99. The monoisotopic (exact) mass is 407 g/mol. The normalized spacial score (nSPS) is 13.8. The van der Waals surface area contributed by atoms with E-state index in [1.165, 1.54) is 4.90 Å². The third kappa shape index (κ3) is 5.26. The first kappa shape index (κ1) is 21.6.